The first kappa shape index (κ1) is 12.5. The van der Waals surface area contributed by atoms with Gasteiger partial charge in [0, 0.05) is 0 Å². The lowest BCUT2D eigenvalue weighted by Crippen LogP contribution is -2.36. The molecule has 1 heterocycles. The minimum Gasteiger partial charge on any atom is -0.329 e. The van der Waals surface area contributed by atoms with Gasteiger partial charge in [-0.3, -0.25) is 0 Å². The maximum Gasteiger partial charge on any atom is 0.405 e. The highest BCUT2D eigenvalue weighted by Gasteiger charge is 2.27. The summed E-state index contributed by atoms with van der Waals surface area (Å²) in [7, 11) is 0. The maximum atomic E-state index is 11.7. The van der Waals surface area contributed by atoms with Gasteiger partial charge in [-0.15, -0.1) is 0 Å². The van der Waals surface area contributed by atoms with Crippen LogP contribution < -0.4 is 10.6 Å². The SMILES string of the molecule is O=C(NCC(F)(F)F)Nc1cnc(Cl)nc1. The van der Waals surface area contributed by atoms with Crippen molar-refractivity contribution in [1.82, 2.24) is 15.3 Å². The predicted molar refractivity (Wildman–Crippen MR) is 50.1 cm³/mol. The molecule has 0 aromatic carbocycles. The molecule has 0 aliphatic rings. The van der Waals surface area contributed by atoms with Crippen LogP contribution in [0.2, 0.25) is 5.28 Å². The largest absolute Gasteiger partial charge is 0.405 e. The Labute approximate surface area is 93.0 Å². The summed E-state index contributed by atoms with van der Waals surface area (Å²) >= 11 is 5.37. The minimum absolute atomic E-state index is 0.0266. The molecule has 0 bridgehead atoms. The fourth-order valence-corrected chi connectivity index (χ4v) is 0.830. The summed E-state index contributed by atoms with van der Waals surface area (Å²) in [6, 6.07) is -0.997. The molecule has 88 valence electrons. The molecular weight excluding hydrogens is 249 g/mol. The highest BCUT2D eigenvalue weighted by Crippen LogP contribution is 2.12. The monoisotopic (exact) mass is 254 g/mol. The Bertz CT molecular complexity index is 367. The van der Waals surface area contributed by atoms with Crippen LogP contribution in [-0.4, -0.2) is 28.7 Å². The van der Waals surface area contributed by atoms with Crippen LogP contribution in [0.25, 0.3) is 0 Å². The number of anilines is 1. The van der Waals surface area contributed by atoms with Crippen molar-refractivity contribution in [2.24, 2.45) is 0 Å². The highest BCUT2D eigenvalue weighted by atomic mass is 35.5. The lowest BCUT2D eigenvalue weighted by atomic mass is 10.5. The van der Waals surface area contributed by atoms with Gasteiger partial charge >= 0.3 is 12.2 Å². The van der Waals surface area contributed by atoms with Gasteiger partial charge in [0.2, 0.25) is 5.28 Å². The minimum atomic E-state index is -4.45. The Morgan fingerprint density at radius 1 is 1.38 bits per heavy atom. The molecule has 0 aliphatic heterocycles. The number of aromatic nitrogens is 2. The molecule has 1 rings (SSSR count). The number of nitrogens with zero attached hydrogens (tertiary/aromatic N) is 2. The van der Waals surface area contributed by atoms with E-state index in [2.05, 4.69) is 15.3 Å². The molecule has 0 saturated carbocycles. The lowest BCUT2D eigenvalue weighted by Gasteiger charge is -2.09. The number of hydrogen-bond donors (Lipinski definition) is 2. The number of carbonyl (C=O) groups excluding carboxylic acids is 1. The van der Waals surface area contributed by atoms with Crippen molar-refractivity contribution in [1.29, 1.82) is 0 Å². The molecule has 16 heavy (non-hydrogen) atoms. The Hall–Kier alpha value is -1.57. The summed E-state index contributed by atoms with van der Waals surface area (Å²) in [6.45, 7) is -1.41. The average molecular weight is 255 g/mol. The zero-order valence-corrected chi connectivity index (χ0v) is 8.43. The van der Waals surface area contributed by atoms with Crippen molar-refractivity contribution >= 4 is 23.3 Å². The van der Waals surface area contributed by atoms with E-state index in [1.807, 2.05) is 0 Å². The van der Waals surface area contributed by atoms with Gasteiger partial charge in [0.1, 0.15) is 6.54 Å². The second-order valence-corrected chi connectivity index (χ2v) is 3.00. The smallest absolute Gasteiger partial charge is 0.329 e. The van der Waals surface area contributed by atoms with Gasteiger partial charge in [-0.05, 0) is 11.6 Å². The van der Waals surface area contributed by atoms with Crippen molar-refractivity contribution in [2.75, 3.05) is 11.9 Å². The van der Waals surface area contributed by atoms with Gasteiger partial charge in [0.15, 0.2) is 0 Å². The number of carbonyl (C=O) groups is 1. The highest BCUT2D eigenvalue weighted by molar-refractivity contribution is 6.28. The zero-order chi connectivity index (χ0) is 12.2. The van der Waals surface area contributed by atoms with Gasteiger partial charge in [-0.1, -0.05) is 0 Å². The number of alkyl halides is 3. The van der Waals surface area contributed by atoms with Crippen molar-refractivity contribution < 1.29 is 18.0 Å². The quantitative estimate of drug-likeness (QED) is 0.791. The first-order valence-corrected chi connectivity index (χ1v) is 4.34. The first-order chi connectivity index (χ1) is 7.37. The molecule has 2 N–H and O–H groups in total. The summed E-state index contributed by atoms with van der Waals surface area (Å²) in [5, 5.41) is 3.70. The van der Waals surface area contributed by atoms with Crippen LogP contribution in [0, 0.1) is 0 Å². The Morgan fingerprint density at radius 3 is 2.44 bits per heavy atom. The number of rotatable bonds is 2. The number of amides is 2. The summed E-state index contributed by atoms with van der Waals surface area (Å²) in [5.41, 5.74) is 0.143. The Kier molecular flexibility index (Phi) is 3.88. The van der Waals surface area contributed by atoms with Crippen LogP contribution >= 0.6 is 11.6 Å². The average Bonchev–Trinajstić information content (AvgIpc) is 2.18. The molecule has 9 heteroatoms. The number of hydrogen-bond acceptors (Lipinski definition) is 3. The van der Waals surface area contributed by atoms with E-state index in [1.54, 1.807) is 5.32 Å². The molecule has 0 saturated heterocycles. The van der Waals surface area contributed by atoms with E-state index in [4.69, 9.17) is 11.6 Å². The van der Waals surface area contributed by atoms with Crippen LogP contribution in [0.5, 0.6) is 0 Å². The van der Waals surface area contributed by atoms with Crippen LogP contribution in [-0.2, 0) is 0 Å². The number of halogens is 4. The van der Waals surface area contributed by atoms with E-state index >= 15 is 0 Å². The van der Waals surface area contributed by atoms with Crippen molar-refractivity contribution in [3.63, 3.8) is 0 Å². The normalized spacial score (nSPS) is 11.0. The summed E-state index contributed by atoms with van der Waals surface area (Å²) in [4.78, 5) is 18.0. The molecule has 0 radical (unpaired) electrons. The topological polar surface area (TPSA) is 66.9 Å². The second kappa shape index (κ2) is 4.97. The van der Waals surface area contributed by atoms with Gasteiger partial charge in [0.25, 0.3) is 0 Å². The summed E-state index contributed by atoms with van der Waals surface area (Å²) in [6.07, 6.45) is -2.11. The Balaban J connectivity index is 2.43. The number of nitrogens with one attached hydrogen (secondary N) is 2. The summed E-state index contributed by atoms with van der Waals surface area (Å²) < 4.78 is 35.2. The molecule has 1 aromatic heterocycles. The van der Waals surface area contributed by atoms with E-state index in [-0.39, 0.29) is 11.0 Å². The van der Waals surface area contributed by atoms with Crippen LogP contribution in [0.1, 0.15) is 0 Å². The third-order valence-electron chi connectivity index (χ3n) is 1.33. The summed E-state index contributed by atoms with van der Waals surface area (Å²) in [5.74, 6) is 0. The lowest BCUT2D eigenvalue weighted by molar-refractivity contribution is -0.122. The molecule has 5 nitrogen and oxygen atoms in total. The van der Waals surface area contributed by atoms with Crippen LogP contribution in [0.15, 0.2) is 12.4 Å². The van der Waals surface area contributed by atoms with Gasteiger partial charge in [0.05, 0.1) is 18.1 Å². The van der Waals surface area contributed by atoms with E-state index in [0.29, 0.717) is 0 Å². The van der Waals surface area contributed by atoms with Gasteiger partial charge in [-0.2, -0.15) is 13.2 Å². The standard InChI is InChI=1S/C7H6ClF3N4O/c8-5-12-1-4(2-13-5)15-6(16)14-3-7(9,10)11/h1-2H,3H2,(H2,14,15,16). The van der Waals surface area contributed by atoms with Crippen LogP contribution in [0.3, 0.4) is 0 Å². The second-order valence-electron chi connectivity index (χ2n) is 2.66. The van der Waals surface area contributed by atoms with E-state index < -0.39 is 18.8 Å². The van der Waals surface area contributed by atoms with Crippen molar-refractivity contribution in [3.8, 4) is 0 Å². The predicted octanol–water partition coefficient (Wildman–Crippen LogP) is 1.81. The fourth-order valence-electron chi connectivity index (χ4n) is 0.733. The van der Waals surface area contributed by atoms with E-state index in [0.717, 1.165) is 0 Å². The van der Waals surface area contributed by atoms with Crippen molar-refractivity contribution in [3.05, 3.63) is 17.7 Å². The fraction of sp³-hybridized carbons (Fsp3) is 0.286. The van der Waals surface area contributed by atoms with Gasteiger partial charge in [-0.25, -0.2) is 14.8 Å². The molecule has 0 aliphatic carbocycles. The molecule has 0 unspecified atom stereocenters. The van der Waals surface area contributed by atoms with E-state index in [1.165, 1.54) is 12.4 Å². The zero-order valence-electron chi connectivity index (χ0n) is 7.68. The number of urea groups is 1. The Morgan fingerprint density at radius 2 is 1.94 bits per heavy atom. The maximum absolute atomic E-state index is 11.7. The van der Waals surface area contributed by atoms with Crippen molar-refractivity contribution in [2.45, 2.75) is 6.18 Å². The molecule has 0 fully saturated rings. The molecule has 1 aromatic rings. The first-order valence-electron chi connectivity index (χ1n) is 3.96. The molecule has 0 spiro atoms. The third kappa shape index (κ3) is 4.78. The van der Waals surface area contributed by atoms with E-state index in [9.17, 15) is 18.0 Å². The third-order valence-corrected chi connectivity index (χ3v) is 1.52. The van der Waals surface area contributed by atoms with Gasteiger partial charge < -0.3 is 10.6 Å². The van der Waals surface area contributed by atoms with Crippen LogP contribution in [0.4, 0.5) is 23.7 Å². The molecular formula is C7H6ClF3N4O. The molecule has 0 atom stereocenters. The molecule has 2 amide bonds.